The van der Waals surface area contributed by atoms with Gasteiger partial charge in [0.05, 0.1) is 10.9 Å². The number of halogens is 2. The first-order valence-electron chi connectivity index (χ1n) is 8.57. The number of amides is 1. The number of sulfonamides is 1. The molecule has 0 heterocycles. The highest BCUT2D eigenvalue weighted by atomic mass is 32.2. The highest BCUT2D eigenvalue weighted by Crippen LogP contribution is 2.20. The number of rotatable bonds is 7. The lowest BCUT2D eigenvalue weighted by atomic mass is 10.1. The number of carbonyl (C=O) groups is 1. The zero-order chi connectivity index (χ0) is 21.1. The van der Waals surface area contributed by atoms with Gasteiger partial charge in [-0.25, -0.2) is 21.5 Å². The molecule has 2 atom stereocenters. The molecule has 2 aromatic carbocycles. The molecule has 1 amide bonds. The SMILES string of the molecule is C[C@H](N[C@H](C)C(=O)Nc1cccc(S(=O)(=O)N(C)C)c1)c1ccc(F)cc1F. The number of nitrogens with one attached hydrogen (secondary N) is 2. The van der Waals surface area contributed by atoms with Gasteiger partial charge in [-0.05, 0) is 38.1 Å². The molecule has 9 heteroatoms. The molecule has 28 heavy (non-hydrogen) atoms. The number of carbonyl (C=O) groups excluding carboxylic acids is 1. The van der Waals surface area contributed by atoms with Crippen molar-refractivity contribution in [1.29, 1.82) is 0 Å². The van der Waals surface area contributed by atoms with Crippen LogP contribution in [-0.2, 0) is 14.8 Å². The third-order valence-corrected chi connectivity index (χ3v) is 6.01. The zero-order valence-electron chi connectivity index (χ0n) is 16.0. The average Bonchev–Trinajstić information content (AvgIpc) is 2.61. The lowest BCUT2D eigenvalue weighted by Gasteiger charge is -2.20. The highest BCUT2D eigenvalue weighted by Gasteiger charge is 2.21. The van der Waals surface area contributed by atoms with E-state index in [1.54, 1.807) is 19.9 Å². The molecular formula is C19H23F2N3O3S. The molecule has 2 N–H and O–H groups in total. The summed E-state index contributed by atoms with van der Waals surface area (Å²) in [6, 6.07) is 7.91. The maximum atomic E-state index is 13.9. The maximum Gasteiger partial charge on any atom is 0.242 e. The minimum absolute atomic E-state index is 0.0534. The summed E-state index contributed by atoms with van der Waals surface area (Å²) in [7, 11) is -0.786. The van der Waals surface area contributed by atoms with Gasteiger partial charge in [0.2, 0.25) is 15.9 Å². The van der Waals surface area contributed by atoms with Gasteiger partial charge in [-0.15, -0.1) is 0 Å². The van der Waals surface area contributed by atoms with Crippen molar-refractivity contribution in [2.24, 2.45) is 0 Å². The van der Waals surface area contributed by atoms with Crippen LogP contribution in [-0.4, -0.2) is 38.8 Å². The summed E-state index contributed by atoms with van der Waals surface area (Å²) in [6.45, 7) is 3.25. The predicted molar refractivity (Wildman–Crippen MR) is 103 cm³/mol. The summed E-state index contributed by atoms with van der Waals surface area (Å²) in [5, 5.41) is 5.57. The molecule has 0 bridgehead atoms. The van der Waals surface area contributed by atoms with Crippen LogP contribution in [0, 0.1) is 11.6 Å². The van der Waals surface area contributed by atoms with E-state index in [4.69, 9.17) is 0 Å². The fraction of sp³-hybridized carbons (Fsp3) is 0.316. The molecule has 0 fully saturated rings. The molecule has 0 aliphatic heterocycles. The Labute approximate surface area is 163 Å². The molecule has 0 aliphatic rings. The summed E-state index contributed by atoms with van der Waals surface area (Å²) in [5.74, 6) is -1.80. The van der Waals surface area contributed by atoms with Crippen LogP contribution < -0.4 is 10.6 Å². The van der Waals surface area contributed by atoms with E-state index in [9.17, 15) is 22.0 Å². The molecule has 0 radical (unpaired) electrons. The average molecular weight is 411 g/mol. The lowest BCUT2D eigenvalue weighted by Crippen LogP contribution is -2.39. The first-order valence-corrected chi connectivity index (χ1v) is 10.0. The molecule has 0 spiro atoms. The van der Waals surface area contributed by atoms with Crippen LogP contribution >= 0.6 is 0 Å². The van der Waals surface area contributed by atoms with E-state index in [1.807, 2.05) is 0 Å². The quantitative estimate of drug-likeness (QED) is 0.734. The van der Waals surface area contributed by atoms with Gasteiger partial charge in [0.1, 0.15) is 11.6 Å². The van der Waals surface area contributed by atoms with Crippen molar-refractivity contribution >= 4 is 21.6 Å². The smallest absolute Gasteiger partial charge is 0.242 e. The lowest BCUT2D eigenvalue weighted by molar-refractivity contribution is -0.117. The monoisotopic (exact) mass is 411 g/mol. The summed E-state index contributed by atoms with van der Waals surface area (Å²) in [5.41, 5.74) is 0.558. The molecule has 2 rings (SSSR count). The molecule has 0 aromatic heterocycles. The second-order valence-corrected chi connectivity index (χ2v) is 8.73. The number of nitrogens with zero attached hydrogens (tertiary/aromatic N) is 1. The van der Waals surface area contributed by atoms with Crippen LogP contribution in [0.25, 0.3) is 0 Å². The Kier molecular flexibility index (Phi) is 6.87. The molecular weight excluding hydrogens is 388 g/mol. The molecule has 0 saturated carbocycles. The van der Waals surface area contributed by atoms with Gasteiger partial charge in [0.15, 0.2) is 0 Å². The number of hydrogen-bond acceptors (Lipinski definition) is 4. The minimum atomic E-state index is -3.62. The van der Waals surface area contributed by atoms with Crippen LogP contribution in [0.2, 0.25) is 0 Å². The van der Waals surface area contributed by atoms with Crippen molar-refractivity contribution in [2.45, 2.75) is 30.8 Å². The van der Waals surface area contributed by atoms with Gasteiger partial charge in [0.25, 0.3) is 0 Å². The van der Waals surface area contributed by atoms with Crippen molar-refractivity contribution in [3.05, 3.63) is 59.7 Å². The first kappa shape index (κ1) is 21.9. The number of hydrogen-bond donors (Lipinski definition) is 2. The van der Waals surface area contributed by atoms with Crippen LogP contribution in [0.5, 0.6) is 0 Å². The van der Waals surface area contributed by atoms with E-state index in [1.165, 1.54) is 38.4 Å². The summed E-state index contributed by atoms with van der Waals surface area (Å²) >= 11 is 0. The van der Waals surface area contributed by atoms with Gasteiger partial charge in [-0.3, -0.25) is 10.1 Å². The fourth-order valence-electron chi connectivity index (χ4n) is 2.59. The van der Waals surface area contributed by atoms with E-state index in [2.05, 4.69) is 10.6 Å². The van der Waals surface area contributed by atoms with Gasteiger partial charge < -0.3 is 5.32 Å². The van der Waals surface area contributed by atoms with Gasteiger partial charge >= 0.3 is 0 Å². The second-order valence-electron chi connectivity index (χ2n) is 6.58. The highest BCUT2D eigenvalue weighted by molar-refractivity contribution is 7.89. The van der Waals surface area contributed by atoms with Gasteiger partial charge in [0, 0.05) is 37.5 Å². The standard InChI is InChI=1S/C19H23F2N3O3S/c1-12(17-9-8-14(20)10-18(17)21)22-13(2)19(25)23-15-6-5-7-16(11-15)28(26,27)24(3)4/h5-13,22H,1-4H3,(H,23,25)/t12-,13+/m0/s1. The molecule has 152 valence electrons. The second kappa shape index (κ2) is 8.76. The molecule has 2 aromatic rings. The molecule has 6 nitrogen and oxygen atoms in total. The largest absolute Gasteiger partial charge is 0.325 e. The Bertz CT molecular complexity index is 965. The molecule has 0 saturated heterocycles. The summed E-state index contributed by atoms with van der Waals surface area (Å²) in [6.07, 6.45) is 0. The Balaban J connectivity index is 2.08. The third kappa shape index (κ3) is 5.12. The van der Waals surface area contributed by atoms with E-state index in [0.29, 0.717) is 5.69 Å². The normalized spacial score (nSPS) is 14.0. The fourth-order valence-corrected chi connectivity index (χ4v) is 3.54. The summed E-state index contributed by atoms with van der Waals surface area (Å²) < 4.78 is 52.4. The van der Waals surface area contributed by atoms with E-state index >= 15 is 0 Å². The summed E-state index contributed by atoms with van der Waals surface area (Å²) in [4.78, 5) is 12.5. The Hall–Kier alpha value is -2.36. The van der Waals surface area contributed by atoms with Crippen molar-refractivity contribution in [1.82, 2.24) is 9.62 Å². The van der Waals surface area contributed by atoms with Crippen molar-refractivity contribution in [3.8, 4) is 0 Å². The van der Waals surface area contributed by atoms with Gasteiger partial charge in [-0.2, -0.15) is 0 Å². The maximum absolute atomic E-state index is 13.9. The van der Waals surface area contributed by atoms with E-state index in [0.717, 1.165) is 16.4 Å². The van der Waals surface area contributed by atoms with E-state index in [-0.39, 0.29) is 10.5 Å². The Morgan fingerprint density at radius 1 is 1.07 bits per heavy atom. The first-order chi connectivity index (χ1) is 13.0. The van der Waals surface area contributed by atoms with Crippen LogP contribution in [0.4, 0.5) is 14.5 Å². The molecule has 0 aliphatic carbocycles. The minimum Gasteiger partial charge on any atom is -0.325 e. The van der Waals surface area contributed by atoms with Crippen LogP contribution in [0.15, 0.2) is 47.4 Å². The van der Waals surface area contributed by atoms with E-state index < -0.39 is 39.6 Å². The molecule has 0 unspecified atom stereocenters. The van der Waals surface area contributed by atoms with Gasteiger partial charge in [-0.1, -0.05) is 12.1 Å². The Morgan fingerprint density at radius 2 is 1.75 bits per heavy atom. The zero-order valence-corrected chi connectivity index (χ0v) is 16.8. The van der Waals surface area contributed by atoms with Crippen LogP contribution in [0.1, 0.15) is 25.5 Å². The third-order valence-electron chi connectivity index (χ3n) is 4.20. The van der Waals surface area contributed by atoms with Crippen molar-refractivity contribution in [2.75, 3.05) is 19.4 Å². The number of benzene rings is 2. The van der Waals surface area contributed by atoms with Crippen LogP contribution in [0.3, 0.4) is 0 Å². The topological polar surface area (TPSA) is 78.5 Å². The van der Waals surface area contributed by atoms with Crippen molar-refractivity contribution in [3.63, 3.8) is 0 Å². The van der Waals surface area contributed by atoms with Crippen molar-refractivity contribution < 1.29 is 22.0 Å². The number of anilines is 1. The Morgan fingerprint density at radius 3 is 2.36 bits per heavy atom. The predicted octanol–water partition coefficient (Wildman–Crippen LogP) is 2.89.